The zero-order valence-electron chi connectivity index (χ0n) is 12.1. The number of nitrogens with two attached hydrogens (primary N) is 1. The molecule has 0 radical (unpaired) electrons. The largest absolute Gasteiger partial charge is 0.391 e. The molecule has 1 saturated carbocycles. The van der Waals surface area contributed by atoms with E-state index >= 15 is 0 Å². The van der Waals surface area contributed by atoms with E-state index in [0.29, 0.717) is 10.7 Å². The molecule has 0 spiro atoms. The van der Waals surface area contributed by atoms with E-state index in [1.165, 1.54) is 6.42 Å². The van der Waals surface area contributed by atoms with E-state index in [1.54, 1.807) is 11.7 Å². The Kier molecular flexibility index (Phi) is 4.42. The topological polar surface area (TPSA) is 72.9 Å². The molecule has 1 aromatic rings. The average molecular weight is 294 g/mol. The molecule has 0 bridgehead atoms. The van der Waals surface area contributed by atoms with Crippen LogP contribution >= 0.6 is 12.2 Å². The van der Waals surface area contributed by atoms with Crippen LogP contribution < -0.4 is 11.1 Å². The van der Waals surface area contributed by atoms with Gasteiger partial charge in [0.05, 0.1) is 16.2 Å². The SMILES string of the molecule is CCc1cc(C(=O)NC2(C(N)=S)CCCCC2)n(C)n1. The average Bonchev–Trinajstić information content (AvgIpc) is 2.81. The van der Waals surface area contributed by atoms with E-state index in [1.807, 2.05) is 13.0 Å². The Morgan fingerprint density at radius 3 is 2.65 bits per heavy atom. The minimum atomic E-state index is -0.526. The van der Waals surface area contributed by atoms with E-state index in [-0.39, 0.29) is 5.91 Å². The van der Waals surface area contributed by atoms with E-state index < -0.39 is 5.54 Å². The molecule has 5 nitrogen and oxygen atoms in total. The van der Waals surface area contributed by atoms with Gasteiger partial charge < -0.3 is 11.1 Å². The van der Waals surface area contributed by atoms with Gasteiger partial charge in [0, 0.05) is 7.05 Å². The molecule has 1 heterocycles. The molecule has 20 heavy (non-hydrogen) atoms. The van der Waals surface area contributed by atoms with Crippen LogP contribution in [0, 0.1) is 0 Å². The zero-order valence-corrected chi connectivity index (χ0v) is 12.9. The van der Waals surface area contributed by atoms with Crippen LogP contribution in [-0.4, -0.2) is 26.2 Å². The van der Waals surface area contributed by atoms with Gasteiger partial charge in [0.15, 0.2) is 0 Å². The van der Waals surface area contributed by atoms with Gasteiger partial charge in [-0.1, -0.05) is 38.4 Å². The second kappa shape index (κ2) is 5.91. The summed E-state index contributed by atoms with van der Waals surface area (Å²) in [6.07, 6.45) is 5.72. The molecule has 0 aliphatic heterocycles. The smallest absolute Gasteiger partial charge is 0.270 e. The number of hydrogen-bond acceptors (Lipinski definition) is 3. The number of nitrogens with zero attached hydrogens (tertiary/aromatic N) is 2. The van der Waals surface area contributed by atoms with Crippen LogP contribution in [0.1, 0.15) is 55.2 Å². The van der Waals surface area contributed by atoms with E-state index in [9.17, 15) is 4.79 Å². The number of aromatic nitrogens is 2. The van der Waals surface area contributed by atoms with Crippen LogP contribution in [0.3, 0.4) is 0 Å². The summed E-state index contributed by atoms with van der Waals surface area (Å²) in [7, 11) is 1.78. The fraction of sp³-hybridized carbons (Fsp3) is 0.643. The highest BCUT2D eigenvalue weighted by Crippen LogP contribution is 2.29. The first-order valence-corrected chi connectivity index (χ1v) is 7.54. The van der Waals surface area contributed by atoms with Crippen LogP contribution in [0.2, 0.25) is 0 Å². The quantitative estimate of drug-likeness (QED) is 0.829. The highest BCUT2D eigenvalue weighted by Gasteiger charge is 2.37. The van der Waals surface area contributed by atoms with Crippen molar-refractivity contribution in [3.8, 4) is 0 Å². The van der Waals surface area contributed by atoms with Crippen LogP contribution in [0.15, 0.2) is 6.07 Å². The minimum absolute atomic E-state index is 0.144. The van der Waals surface area contributed by atoms with Crippen molar-refractivity contribution in [2.45, 2.75) is 51.0 Å². The Morgan fingerprint density at radius 1 is 1.50 bits per heavy atom. The number of nitrogens with one attached hydrogen (secondary N) is 1. The molecular weight excluding hydrogens is 272 g/mol. The summed E-state index contributed by atoms with van der Waals surface area (Å²) in [6, 6.07) is 1.82. The Labute approximate surface area is 124 Å². The molecule has 1 amide bonds. The van der Waals surface area contributed by atoms with Crippen LogP contribution in [0.25, 0.3) is 0 Å². The van der Waals surface area contributed by atoms with Gasteiger partial charge in [0.2, 0.25) is 0 Å². The standard InChI is InChI=1S/C14H22N4OS/c1-3-10-9-11(18(2)17-10)12(19)16-14(13(15)20)7-5-4-6-8-14/h9H,3-8H2,1-2H3,(H2,15,20)(H,16,19). The van der Waals surface area contributed by atoms with Gasteiger partial charge in [-0.05, 0) is 25.3 Å². The van der Waals surface area contributed by atoms with E-state index in [0.717, 1.165) is 37.8 Å². The number of hydrogen-bond donors (Lipinski definition) is 2. The summed E-state index contributed by atoms with van der Waals surface area (Å²) in [5.41, 5.74) is 6.83. The maximum atomic E-state index is 12.5. The van der Waals surface area contributed by atoms with Gasteiger partial charge in [-0.2, -0.15) is 5.10 Å². The third kappa shape index (κ3) is 2.85. The van der Waals surface area contributed by atoms with Gasteiger partial charge in [0.1, 0.15) is 5.69 Å². The van der Waals surface area contributed by atoms with Gasteiger partial charge in [-0.15, -0.1) is 0 Å². The first-order chi connectivity index (χ1) is 9.48. The Bertz CT molecular complexity index is 517. The van der Waals surface area contributed by atoms with E-state index in [4.69, 9.17) is 18.0 Å². The van der Waals surface area contributed by atoms with Crippen molar-refractivity contribution < 1.29 is 4.79 Å². The summed E-state index contributed by atoms with van der Waals surface area (Å²) < 4.78 is 1.62. The molecule has 0 saturated heterocycles. The van der Waals surface area contributed by atoms with Crippen LogP contribution in [0.5, 0.6) is 0 Å². The molecule has 0 aromatic carbocycles. The van der Waals surface area contributed by atoms with Crippen molar-refractivity contribution in [3.63, 3.8) is 0 Å². The highest BCUT2D eigenvalue weighted by atomic mass is 32.1. The maximum absolute atomic E-state index is 12.5. The first-order valence-electron chi connectivity index (χ1n) is 7.14. The highest BCUT2D eigenvalue weighted by molar-refractivity contribution is 7.80. The molecule has 0 atom stereocenters. The van der Waals surface area contributed by atoms with Gasteiger partial charge in [-0.25, -0.2) is 0 Å². The molecule has 1 aliphatic carbocycles. The lowest BCUT2D eigenvalue weighted by molar-refractivity contribution is 0.0898. The summed E-state index contributed by atoms with van der Waals surface area (Å²) in [5.74, 6) is -0.144. The molecule has 2 rings (SSSR count). The van der Waals surface area contributed by atoms with Gasteiger partial charge in [0.25, 0.3) is 5.91 Å². The lowest BCUT2D eigenvalue weighted by Gasteiger charge is -2.37. The maximum Gasteiger partial charge on any atom is 0.270 e. The van der Waals surface area contributed by atoms with E-state index in [2.05, 4.69) is 10.4 Å². The fourth-order valence-electron chi connectivity index (χ4n) is 2.78. The summed E-state index contributed by atoms with van der Waals surface area (Å²) in [4.78, 5) is 12.9. The van der Waals surface area contributed by atoms with Crippen molar-refractivity contribution in [3.05, 3.63) is 17.5 Å². The van der Waals surface area contributed by atoms with Gasteiger partial charge >= 0.3 is 0 Å². The normalized spacial score (nSPS) is 17.7. The third-order valence-electron chi connectivity index (χ3n) is 4.06. The van der Waals surface area contributed by atoms with Crippen LogP contribution in [-0.2, 0) is 13.5 Å². The second-order valence-corrected chi connectivity index (χ2v) is 5.90. The van der Waals surface area contributed by atoms with Crippen molar-refractivity contribution in [1.29, 1.82) is 0 Å². The number of amides is 1. The molecule has 1 aromatic heterocycles. The van der Waals surface area contributed by atoms with Gasteiger partial charge in [-0.3, -0.25) is 9.48 Å². The molecular formula is C14H22N4OS. The molecule has 110 valence electrons. The number of aryl methyl sites for hydroxylation is 2. The lowest BCUT2D eigenvalue weighted by atomic mass is 9.81. The van der Waals surface area contributed by atoms with Crippen molar-refractivity contribution in [2.24, 2.45) is 12.8 Å². The number of rotatable bonds is 4. The summed E-state index contributed by atoms with van der Waals surface area (Å²) in [5, 5.41) is 7.36. The summed E-state index contributed by atoms with van der Waals surface area (Å²) >= 11 is 5.20. The van der Waals surface area contributed by atoms with Crippen molar-refractivity contribution >= 4 is 23.1 Å². The Morgan fingerprint density at radius 2 is 2.15 bits per heavy atom. The van der Waals surface area contributed by atoms with Crippen molar-refractivity contribution in [2.75, 3.05) is 0 Å². The Balaban J connectivity index is 2.20. The number of thiocarbonyl (C=S) groups is 1. The molecule has 1 fully saturated rings. The molecule has 1 aliphatic rings. The Hall–Kier alpha value is -1.43. The minimum Gasteiger partial charge on any atom is -0.391 e. The first kappa shape index (κ1) is 15.0. The molecule has 3 N–H and O–H groups in total. The molecule has 6 heteroatoms. The summed E-state index contributed by atoms with van der Waals surface area (Å²) in [6.45, 7) is 2.02. The van der Waals surface area contributed by atoms with Crippen LogP contribution in [0.4, 0.5) is 0 Å². The fourth-order valence-corrected chi connectivity index (χ4v) is 3.04. The second-order valence-electron chi connectivity index (χ2n) is 5.46. The lowest BCUT2D eigenvalue weighted by Crippen LogP contribution is -2.57. The molecule has 0 unspecified atom stereocenters. The monoisotopic (exact) mass is 294 g/mol. The zero-order chi connectivity index (χ0) is 14.8. The predicted molar refractivity (Wildman–Crippen MR) is 82.7 cm³/mol. The number of carbonyl (C=O) groups excluding carboxylic acids is 1. The number of carbonyl (C=O) groups is 1. The third-order valence-corrected chi connectivity index (χ3v) is 4.45. The predicted octanol–water partition coefficient (Wildman–Crippen LogP) is 1.70. The van der Waals surface area contributed by atoms with Crippen molar-refractivity contribution in [1.82, 2.24) is 15.1 Å².